The Bertz CT molecular complexity index is 1210. The number of hydrogen-bond donors (Lipinski definition) is 1. The summed E-state index contributed by atoms with van der Waals surface area (Å²) in [4.78, 5) is 21.9. The molecule has 0 aliphatic heterocycles. The zero-order chi connectivity index (χ0) is 19.8. The molecule has 0 spiro atoms. The first-order valence-corrected chi connectivity index (χ1v) is 10.7. The van der Waals surface area contributed by atoms with Gasteiger partial charge in [-0.15, -0.1) is 11.3 Å². The van der Waals surface area contributed by atoms with Gasteiger partial charge in [0.15, 0.2) is 0 Å². The predicted octanol–water partition coefficient (Wildman–Crippen LogP) is 5.47. The summed E-state index contributed by atoms with van der Waals surface area (Å²) in [5, 5.41) is 4.17. The Morgan fingerprint density at radius 3 is 2.97 bits per heavy atom. The van der Waals surface area contributed by atoms with Crippen LogP contribution in [0, 0.1) is 6.92 Å². The fourth-order valence-electron chi connectivity index (χ4n) is 4.01. The van der Waals surface area contributed by atoms with E-state index in [1.807, 2.05) is 30.5 Å². The van der Waals surface area contributed by atoms with E-state index in [1.165, 1.54) is 11.1 Å². The van der Waals surface area contributed by atoms with Gasteiger partial charge in [0.05, 0.1) is 16.3 Å². The molecule has 2 heterocycles. The number of carbonyl (C=O) groups excluding carboxylic acids is 1. The van der Waals surface area contributed by atoms with Gasteiger partial charge >= 0.3 is 0 Å². The fourth-order valence-corrected chi connectivity index (χ4v) is 5.09. The predicted molar refractivity (Wildman–Crippen MR) is 117 cm³/mol. The summed E-state index contributed by atoms with van der Waals surface area (Å²) >= 11 is 1.60. The van der Waals surface area contributed by atoms with Crippen LogP contribution in [-0.4, -0.2) is 15.9 Å². The van der Waals surface area contributed by atoms with Crippen LogP contribution in [-0.2, 0) is 6.42 Å². The van der Waals surface area contributed by atoms with Crippen molar-refractivity contribution in [3.05, 3.63) is 83.2 Å². The SMILES string of the molecule is Cc1ccncc1-c1nc2ccc(C(=O)N[C@H]3CCCc4ccccc43)cc2s1. The number of carbonyl (C=O) groups is 1. The molecule has 1 amide bonds. The van der Waals surface area contributed by atoms with Gasteiger partial charge in [0, 0.05) is 23.5 Å². The monoisotopic (exact) mass is 399 g/mol. The van der Waals surface area contributed by atoms with Crippen molar-refractivity contribution in [1.82, 2.24) is 15.3 Å². The lowest BCUT2D eigenvalue weighted by molar-refractivity contribution is 0.0933. The standard InChI is InChI=1S/C24H21N3OS/c1-15-11-12-25-14-19(15)24-27-21-10-9-17(13-22(21)29-24)23(28)26-20-8-4-6-16-5-2-3-7-18(16)20/h2-3,5,7,9-14,20H,4,6,8H2,1H3,(H,26,28)/t20-/m0/s1. The van der Waals surface area contributed by atoms with Crippen molar-refractivity contribution in [2.45, 2.75) is 32.2 Å². The number of aryl methyl sites for hydroxylation is 2. The topological polar surface area (TPSA) is 54.9 Å². The normalized spacial score (nSPS) is 15.8. The molecule has 0 saturated carbocycles. The summed E-state index contributed by atoms with van der Waals surface area (Å²) in [7, 11) is 0. The molecule has 4 aromatic rings. The van der Waals surface area contributed by atoms with Gasteiger partial charge < -0.3 is 5.32 Å². The van der Waals surface area contributed by atoms with Gasteiger partial charge in [-0.05, 0) is 67.1 Å². The number of aromatic nitrogens is 2. The number of thiazole rings is 1. The molecular formula is C24H21N3OS. The molecule has 144 valence electrons. The van der Waals surface area contributed by atoms with E-state index >= 15 is 0 Å². The first-order chi connectivity index (χ1) is 14.2. The van der Waals surface area contributed by atoms with Crippen molar-refractivity contribution >= 4 is 27.5 Å². The molecule has 1 atom stereocenters. The highest BCUT2D eigenvalue weighted by Gasteiger charge is 2.22. The van der Waals surface area contributed by atoms with Crippen LogP contribution in [0.1, 0.15) is 45.9 Å². The van der Waals surface area contributed by atoms with Gasteiger partial charge in [-0.1, -0.05) is 24.3 Å². The Morgan fingerprint density at radius 2 is 2.07 bits per heavy atom. The van der Waals surface area contributed by atoms with Crippen LogP contribution >= 0.6 is 11.3 Å². The second-order valence-corrected chi connectivity index (χ2v) is 8.54. The maximum atomic E-state index is 13.0. The number of nitrogens with zero attached hydrogens (tertiary/aromatic N) is 2. The van der Waals surface area contributed by atoms with E-state index in [2.05, 4.69) is 41.5 Å². The lowest BCUT2D eigenvalue weighted by Gasteiger charge is -2.26. The molecule has 1 N–H and O–H groups in total. The molecule has 29 heavy (non-hydrogen) atoms. The second-order valence-electron chi connectivity index (χ2n) is 7.51. The average Bonchev–Trinajstić information content (AvgIpc) is 3.17. The number of fused-ring (bicyclic) bond motifs is 2. The summed E-state index contributed by atoms with van der Waals surface area (Å²) in [5.41, 5.74) is 6.37. The number of pyridine rings is 1. The molecule has 2 aromatic heterocycles. The summed E-state index contributed by atoms with van der Waals surface area (Å²) in [6.07, 6.45) is 6.81. The molecule has 1 aliphatic rings. The van der Waals surface area contributed by atoms with Gasteiger partial charge in [-0.25, -0.2) is 4.98 Å². The molecule has 4 nitrogen and oxygen atoms in total. The van der Waals surface area contributed by atoms with E-state index in [0.29, 0.717) is 5.56 Å². The van der Waals surface area contributed by atoms with Gasteiger partial charge in [-0.3, -0.25) is 9.78 Å². The molecule has 0 fully saturated rings. The Labute approximate surface area is 173 Å². The van der Waals surface area contributed by atoms with Crippen LogP contribution in [0.25, 0.3) is 20.8 Å². The molecule has 0 unspecified atom stereocenters. The highest BCUT2D eigenvalue weighted by atomic mass is 32.1. The lowest BCUT2D eigenvalue weighted by atomic mass is 9.87. The van der Waals surface area contributed by atoms with Crippen LogP contribution < -0.4 is 5.32 Å². The molecule has 0 radical (unpaired) electrons. The van der Waals surface area contributed by atoms with Crippen molar-refractivity contribution in [1.29, 1.82) is 0 Å². The summed E-state index contributed by atoms with van der Waals surface area (Å²) < 4.78 is 1.01. The lowest BCUT2D eigenvalue weighted by Crippen LogP contribution is -2.30. The minimum Gasteiger partial charge on any atom is -0.345 e. The minimum atomic E-state index is -0.0267. The number of nitrogens with one attached hydrogen (secondary N) is 1. The van der Waals surface area contributed by atoms with Crippen LogP contribution in [0.4, 0.5) is 0 Å². The second kappa shape index (κ2) is 7.41. The highest BCUT2D eigenvalue weighted by Crippen LogP contribution is 2.33. The summed E-state index contributed by atoms with van der Waals surface area (Å²) in [6, 6.07) is 16.2. The molecule has 5 heteroatoms. The first-order valence-electron chi connectivity index (χ1n) is 9.89. The minimum absolute atomic E-state index is 0.0267. The maximum Gasteiger partial charge on any atom is 0.251 e. The van der Waals surface area contributed by atoms with Crippen LogP contribution in [0.2, 0.25) is 0 Å². The molecule has 5 rings (SSSR count). The Hall–Kier alpha value is -3.05. The van der Waals surface area contributed by atoms with E-state index in [4.69, 9.17) is 4.98 Å². The van der Waals surface area contributed by atoms with Gasteiger partial charge in [-0.2, -0.15) is 0 Å². The summed E-state index contributed by atoms with van der Waals surface area (Å²) in [5.74, 6) is -0.0267. The zero-order valence-electron chi connectivity index (χ0n) is 16.2. The van der Waals surface area contributed by atoms with Gasteiger partial charge in [0.1, 0.15) is 5.01 Å². The third kappa shape index (κ3) is 3.42. The molecule has 1 aliphatic carbocycles. The Kier molecular flexibility index (Phi) is 4.60. The smallest absolute Gasteiger partial charge is 0.251 e. The third-order valence-corrected chi connectivity index (χ3v) is 6.65. The van der Waals surface area contributed by atoms with Crippen LogP contribution in [0.15, 0.2) is 60.9 Å². The molecular weight excluding hydrogens is 378 g/mol. The van der Waals surface area contributed by atoms with E-state index in [1.54, 1.807) is 17.5 Å². The average molecular weight is 400 g/mol. The first kappa shape index (κ1) is 18.0. The van der Waals surface area contributed by atoms with Crippen LogP contribution in [0.3, 0.4) is 0 Å². The fraction of sp³-hybridized carbons (Fsp3) is 0.208. The zero-order valence-corrected chi connectivity index (χ0v) is 17.0. The maximum absolute atomic E-state index is 13.0. The van der Waals surface area contributed by atoms with E-state index < -0.39 is 0 Å². The Balaban J connectivity index is 1.42. The Morgan fingerprint density at radius 1 is 1.17 bits per heavy atom. The number of hydrogen-bond acceptors (Lipinski definition) is 4. The van der Waals surface area contributed by atoms with Crippen molar-refractivity contribution in [3.63, 3.8) is 0 Å². The quantitative estimate of drug-likeness (QED) is 0.497. The van der Waals surface area contributed by atoms with E-state index in [-0.39, 0.29) is 11.9 Å². The van der Waals surface area contributed by atoms with Crippen LogP contribution in [0.5, 0.6) is 0 Å². The number of rotatable bonds is 3. The van der Waals surface area contributed by atoms with Gasteiger partial charge in [0.2, 0.25) is 0 Å². The van der Waals surface area contributed by atoms with E-state index in [9.17, 15) is 4.79 Å². The molecule has 0 saturated heterocycles. The van der Waals surface area contributed by atoms with Crippen molar-refractivity contribution in [2.75, 3.05) is 0 Å². The van der Waals surface area contributed by atoms with Crippen molar-refractivity contribution < 1.29 is 4.79 Å². The molecule has 0 bridgehead atoms. The van der Waals surface area contributed by atoms with E-state index in [0.717, 1.165) is 45.6 Å². The van der Waals surface area contributed by atoms with Crippen molar-refractivity contribution in [3.8, 4) is 10.6 Å². The highest BCUT2D eigenvalue weighted by molar-refractivity contribution is 7.21. The van der Waals surface area contributed by atoms with Crippen molar-refractivity contribution in [2.24, 2.45) is 0 Å². The largest absolute Gasteiger partial charge is 0.345 e. The third-order valence-electron chi connectivity index (χ3n) is 5.59. The summed E-state index contributed by atoms with van der Waals surface area (Å²) in [6.45, 7) is 2.06. The number of amides is 1. The number of benzene rings is 2. The molecule has 2 aromatic carbocycles. The van der Waals surface area contributed by atoms with Gasteiger partial charge in [0.25, 0.3) is 5.91 Å².